The predicted molar refractivity (Wildman–Crippen MR) is 160 cm³/mol. The zero-order chi connectivity index (χ0) is 30.5. The number of rotatable bonds is 11. The van der Waals surface area contributed by atoms with Gasteiger partial charge in [-0.1, -0.05) is 18.2 Å². The lowest BCUT2D eigenvalue weighted by Crippen LogP contribution is -2.24. The van der Waals surface area contributed by atoms with Crippen LogP contribution in [0.25, 0.3) is 16.9 Å². The molecule has 2 atom stereocenters. The Bertz CT molecular complexity index is 1560. The smallest absolute Gasteiger partial charge is 0.213 e. The Kier molecular flexibility index (Phi) is 9.46. The van der Waals surface area contributed by atoms with Gasteiger partial charge in [-0.2, -0.15) is 14.6 Å². The van der Waals surface area contributed by atoms with Crippen LogP contribution >= 0.6 is 0 Å². The van der Waals surface area contributed by atoms with Gasteiger partial charge in [0.25, 0.3) is 0 Å². The molecular weight excluding hydrogens is 563 g/mol. The number of hydrogen-bond acceptors (Lipinski definition) is 9. The average Bonchev–Trinajstić information content (AvgIpc) is 3.61. The first kappa shape index (κ1) is 30.1. The molecule has 1 aromatic carbocycles. The van der Waals surface area contributed by atoms with Gasteiger partial charge in [0.15, 0.2) is 0 Å². The number of methoxy groups -OCH3 is 1. The zero-order valence-electron chi connectivity index (χ0n) is 25.1. The van der Waals surface area contributed by atoms with Crippen LogP contribution in [0.3, 0.4) is 0 Å². The minimum atomic E-state index is -0.578. The zero-order valence-corrected chi connectivity index (χ0v) is 25.1. The molecule has 0 unspecified atom stereocenters. The second-order valence-electron chi connectivity index (χ2n) is 11.4. The summed E-state index contributed by atoms with van der Waals surface area (Å²) >= 11 is 0. The molecule has 0 radical (unpaired) electrons. The number of Topliss-reactive ketones (excluding diaryl/α,β-unsaturated/α-hetero) is 1. The van der Waals surface area contributed by atoms with Crippen molar-refractivity contribution >= 4 is 5.78 Å². The molecule has 44 heavy (non-hydrogen) atoms. The normalized spacial score (nSPS) is 19.4. The van der Waals surface area contributed by atoms with E-state index in [0.29, 0.717) is 31.2 Å². The van der Waals surface area contributed by atoms with Crippen LogP contribution in [-0.2, 0) is 25.5 Å². The highest BCUT2D eigenvalue weighted by Crippen LogP contribution is 2.37. The fraction of sp³-hybridized carbons (Fsp3) is 0.424. The molecule has 2 aliphatic heterocycles. The molecule has 0 N–H and O–H groups in total. The van der Waals surface area contributed by atoms with E-state index in [1.807, 2.05) is 54.3 Å². The van der Waals surface area contributed by atoms with Gasteiger partial charge in [0.1, 0.15) is 17.7 Å². The summed E-state index contributed by atoms with van der Waals surface area (Å²) in [6.45, 7) is 5.01. The number of carbonyl (C=O) groups is 1. The van der Waals surface area contributed by atoms with E-state index in [2.05, 4.69) is 4.98 Å². The van der Waals surface area contributed by atoms with Crippen LogP contribution in [0.15, 0.2) is 61.1 Å². The van der Waals surface area contributed by atoms with Crippen molar-refractivity contribution < 1.29 is 23.5 Å². The highest BCUT2D eigenvalue weighted by atomic mass is 19.1. The lowest BCUT2D eigenvalue weighted by atomic mass is 9.91. The van der Waals surface area contributed by atoms with Crippen molar-refractivity contribution in [1.82, 2.24) is 29.8 Å². The molecule has 2 fully saturated rings. The molecule has 4 aromatic rings. The Balaban J connectivity index is 1.25. The Labute approximate surface area is 256 Å². The monoisotopic (exact) mass is 600 g/mol. The minimum Gasteiger partial charge on any atom is -0.383 e. The second kappa shape index (κ2) is 13.8. The Hall–Kier alpha value is -3.90. The summed E-state index contributed by atoms with van der Waals surface area (Å²) in [4.78, 5) is 33.0. The number of ketones is 1. The Morgan fingerprint density at radius 2 is 1.86 bits per heavy atom. The molecule has 10 nitrogen and oxygen atoms in total. The third-order valence-corrected chi connectivity index (χ3v) is 8.38. The van der Waals surface area contributed by atoms with Crippen molar-refractivity contribution in [2.45, 2.75) is 44.6 Å². The summed E-state index contributed by atoms with van der Waals surface area (Å²) in [6.07, 6.45) is 6.90. The Morgan fingerprint density at radius 3 is 2.59 bits per heavy atom. The maximum Gasteiger partial charge on any atom is 0.213 e. The lowest BCUT2D eigenvalue weighted by molar-refractivity contribution is -0.155. The predicted octanol–water partition coefficient (Wildman–Crippen LogP) is 4.82. The summed E-state index contributed by atoms with van der Waals surface area (Å²) < 4.78 is 26.6. The van der Waals surface area contributed by atoms with Crippen molar-refractivity contribution in [2.75, 3.05) is 40.0 Å². The third kappa shape index (κ3) is 6.76. The Morgan fingerprint density at radius 1 is 1.09 bits per heavy atom. The topological polar surface area (TPSA) is 104 Å². The maximum atomic E-state index is 14.0. The summed E-state index contributed by atoms with van der Waals surface area (Å²) in [5.74, 6) is 0.428. The number of carbonyl (C=O) groups excluding carboxylic acids is 1. The summed E-state index contributed by atoms with van der Waals surface area (Å²) in [5.41, 5.74) is 4.79. The van der Waals surface area contributed by atoms with E-state index in [1.165, 1.54) is 12.3 Å². The van der Waals surface area contributed by atoms with Crippen LogP contribution in [0.5, 0.6) is 0 Å². The third-order valence-electron chi connectivity index (χ3n) is 8.38. The number of halogens is 1. The standard InChI is InChI=1S/C33H37FN6O4/c1-22-29(18-28(41)16-25-21-39(12-15-42-2)44-32(25)24-8-11-35-30(34)17-24)40(27-6-4-3-5-7-27)38-31(22)26-19-36-33(37-20-26)23-9-13-43-14-10-23/h3-8,11,17,19-20,23,25,32H,9-10,12-16,18,21H2,1-2H3/t25-,32+/m1/s1. The van der Waals surface area contributed by atoms with Gasteiger partial charge in [-0.25, -0.2) is 19.6 Å². The number of benzene rings is 1. The molecule has 0 saturated carbocycles. The van der Waals surface area contributed by atoms with Gasteiger partial charge in [0.05, 0.1) is 23.7 Å². The van der Waals surface area contributed by atoms with E-state index in [4.69, 9.17) is 29.4 Å². The van der Waals surface area contributed by atoms with Gasteiger partial charge in [0, 0.05) is 82.2 Å². The first-order chi connectivity index (χ1) is 21.5. The van der Waals surface area contributed by atoms with Crippen LogP contribution in [0.4, 0.5) is 4.39 Å². The van der Waals surface area contributed by atoms with Gasteiger partial charge < -0.3 is 9.47 Å². The molecule has 0 spiro atoms. The van der Waals surface area contributed by atoms with Gasteiger partial charge >= 0.3 is 0 Å². The first-order valence-corrected chi connectivity index (χ1v) is 15.1. The fourth-order valence-corrected chi connectivity index (χ4v) is 6.06. The summed E-state index contributed by atoms with van der Waals surface area (Å²) in [7, 11) is 1.63. The number of hydrogen-bond donors (Lipinski definition) is 0. The fourth-order valence-electron chi connectivity index (χ4n) is 6.06. The van der Waals surface area contributed by atoms with Gasteiger partial charge in [0.2, 0.25) is 5.95 Å². The maximum absolute atomic E-state index is 14.0. The van der Waals surface area contributed by atoms with Crippen LogP contribution < -0.4 is 0 Å². The molecule has 6 rings (SSSR count). The van der Waals surface area contributed by atoms with E-state index in [1.54, 1.807) is 18.2 Å². The lowest BCUT2D eigenvalue weighted by Gasteiger charge is -2.20. The van der Waals surface area contributed by atoms with E-state index in [0.717, 1.165) is 60.1 Å². The summed E-state index contributed by atoms with van der Waals surface area (Å²) in [6, 6.07) is 12.9. The number of para-hydroxylation sites is 1. The van der Waals surface area contributed by atoms with Crippen LogP contribution in [0.1, 0.15) is 53.9 Å². The number of pyridine rings is 1. The molecule has 11 heteroatoms. The van der Waals surface area contributed by atoms with Crippen LogP contribution in [0.2, 0.25) is 0 Å². The average molecular weight is 601 g/mol. The summed E-state index contributed by atoms with van der Waals surface area (Å²) in [5, 5.41) is 6.76. The molecule has 2 saturated heterocycles. The highest BCUT2D eigenvalue weighted by Gasteiger charge is 2.37. The quantitative estimate of drug-likeness (QED) is 0.224. The molecule has 2 aliphatic rings. The number of nitrogens with zero attached hydrogens (tertiary/aromatic N) is 6. The molecule has 0 amide bonds. The number of hydroxylamine groups is 2. The van der Waals surface area contributed by atoms with Gasteiger partial charge in [-0.05, 0) is 55.2 Å². The first-order valence-electron chi connectivity index (χ1n) is 15.1. The van der Waals surface area contributed by atoms with E-state index >= 15 is 0 Å². The van der Waals surface area contributed by atoms with Crippen molar-refractivity contribution in [1.29, 1.82) is 0 Å². The molecule has 5 heterocycles. The van der Waals surface area contributed by atoms with Gasteiger partial charge in [-0.3, -0.25) is 9.63 Å². The second-order valence-corrected chi connectivity index (χ2v) is 11.4. The van der Waals surface area contributed by atoms with E-state index in [9.17, 15) is 9.18 Å². The van der Waals surface area contributed by atoms with Crippen molar-refractivity contribution in [3.8, 4) is 16.9 Å². The van der Waals surface area contributed by atoms with Gasteiger partial charge in [-0.15, -0.1) is 0 Å². The largest absolute Gasteiger partial charge is 0.383 e. The van der Waals surface area contributed by atoms with Crippen molar-refractivity contribution in [2.24, 2.45) is 5.92 Å². The number of ether oxygens (including phenoxy) is 2. The molecular formula is C33H37FN6O4. The molecule has 3 aromatic heterocycles. The molecule has 230 valence electrons. The molecule has 0 aliphatic carbocycles. The van der Waals surface area contributed by atoms with Crippen molar-refractivity contribution in [3.05, 3.63) is 89.6 Å². The van der Waals surface area contributed by atoms with Crippen LogP contribution in [0, 0.1) is 18.8 Å². The van der Waals surface area contributed by atoms with E-state index in [-0.39, 0.29) is 24.5 Å². The minimum absolute atomic E-state index is 0.0459. The van der Waals surface area contributed by atoms with Crippen molar-refractivity contribution in [3.63, 3.8) is 0 Å². The van der Waals surface area contributed by atoms with Crippen LogP contribution in [-0.4, -0.2) is 75.6 Å². The number of aromatic nitrogens is 5. The van der Waals surface area contributed by atoms with E-state index < -0.39 is 12.1 Å². The highest BCUT2D eigenvalue weighted by molar-refractivity contribution is 5.82. The molecule has 0 bridgehead atoms. The SMILES string of the molecule is COCCN1C[C@@H](CC(=O)Cc2c(C)c(-c3cnc(C4CCOCC4)nc3)nn2-c2ccccc2)[C@H](c2ccnc(F)c2)O1.